The summed E-state index contributed by atoms with van der Waals surface area (Å²) < 4.78 is 28.8. The maximum Gasteiger partial charge on any atom is 0.262 e. The summed E-state index contributed by atoms with van der Waals surface area (Å²) in [6.07, 6.45) is 5.03. The highest BCUT2D eigenvalue weighted by molar-refractivity contribution is 7.89. The van der Waals surface area contributed by atoms with Crippen LogP contribution in [0.5, 0.6) is 0 Å². The lowest BCUT2D eigenvalue weighted by Crippen LogP contribution is -2.64. The van der Waals surface area contributed by atoms with Crippen molar-refractivity contribution in [2.75, 3.05) is 44.2 Å². The van der Waals surface area contributed by atoms with Gasteiger partial charge in [0.05, 0.1) is 6.33 Å². The highest BCUT2D eigenvalue weighted by atomic mass is 32.2. The van der Waals surface area contributed by atoms with E-state index < -0.39 is 10.0 Å². The first kappa shape index (κ1) is 18.4. The van der Waals surface area contributed by atoms with Crippen LogP contribution in [0.1, 0.15) is 19.9 Å². The Morgan fingerprint density at radius 2 is 1.81 bits per heavy atom. The van der Waals surface area contributed by atoms with Gasteiger partial charge in [0.2, 0.25) is 0 Å². The van der Waals surface area contributed by atoms with Gasteiger partial charge >= 0.3 is 0 Å². The van der Waals surface area contributed by atoms with Gasteiger partial charge in [0.1, 0.15) is 5.82 Å². The van der Waals surface area contributed by atoms with Crippen LogP contribution in [0.3, 0.4) is 0 Å². The van der Waals surface area contributed by atoms with E-state index >= 15 is 0 Å². The van der Waals surface area contributed by atoms with E-state index in [9.17, 15) is 8.42 Å². The molecule has 0 spiro atoms. The van der Waals surface area contributed by atoms with E-state index in [4.69, 9.17) is 0 Å². The van der Waals surface area contributed by atoms with Crippen LogP contribution in [0.15, 0.2) is 41.9 Å². The van der Waals surface area contributed by atoms with Crippen LogP contribution in [0.2, 0.25) is 0 Å². The van der Waals surface area contributed by atoms with Gasteiger partial charge in [-0.15, -0.1) is 0 Å². The first-order valence-corrected chi connectivity index (χ1v) is 10.8. The summed E-state index contributed by atoms with van der Waals surface area (Å²) in [6.45, 7) is 8.78. The van der Waals surface area contributed by atoms with Gasteiger partial charge in [0.25, 0.3) is 10.0 Å². The third-order valence-corrected chi connectivity index (χ3v) is 7.13. The second-order valence-corrected chi connectivity index (χ2v) is 9.32. The number of rotatable bonds is 5. The Morgan fingerprint density at radius 1 is 1.07 bits per heavy atom. The van der Waals surface area contributed by atoms with Crippen molar-refractivity contribution in [2.45, 2.75) is 31.0 Å². The Balaban J connectivity index is 1.32. The normalized spacial score (nSPS) is 20.2. The molecule has 0 atom stereocenters. The van der Waals surface area contributed by atoms with Crippen LogP contribution in [-0.4, -0.2) is 77.5 Å². The Labute approximate surface area is 160 Å². The van der Waals surface area contributed by atoms with E-state index in [1.165, 1.54) is 4.31 Å². The highest BCUT2D eigenvalue weighted by Crippen LogP contribution is 2.25. The summed E-state index contributed by atoms with van der Waals surface area (Å²) in [5.41, 5.74) is 0. The fraction of sp³-hybridized carbons (Fsp3) is 0.556. The molecule has 0 amide bonds. The molecule has 0 saturated carbocycles. The molecule has 0 unspecified atom stereocenters. The second-order valence-electron chi connectivity index (χ2n) is 7.44. The minimum atomic E-state index is -3.49. The molecule has 0 aliphatic carbocycles. The van der Waals surface area contributed by atoms with Crippen LogP contribution in [0.4, 0.5) is 5.82 Å². The summed E-state index contributed by atoms with van der Waals surface area (Å²) in [7, 11) is -3.49. The molecule has 2 aliphatic rings. The number of nitrogens with zero attached hydrogens (tertiary/aromatic N) is 6. The predicted octanol–water partition coefficient (Wildman–Crippen LogP) is 1.05. The SMILES string of the molecule is CC(C)n1cnc(S(=O)(=O)N2CC(N3CCN(c4ccccn4)CC3)C2)c1. The molecule has 0 bridgehead atoms. The molecule has 2 aromatic rings. The van der Waals surface area contributed by atoms with Crippen LogP contribution in [0.25, 0.3) is 0 Å². The minimum absolute atomic E-state index is 0.148. The lowest BCUT2D eigenvalue weighted by molar-refractivity contribution is 0.0825. The van der Waals surface area contributed by atoms with Crippen molar-refractivity contribution in [3.8, 4) is 0 Å². The summed E-state index contributed by atoms with van der Waals surface area (Å²) in [4.78, 5) is 13.2. The van der Waals surface area contributed by atoms with E-state index in [0.29, 0.717) is 13.1 Å². The molecular formula is C18H26N6O2S. The number of hydrogen-bond acceptors (Lipinski definition) is 6. The molecule has 2 aromatic heterocycles. The smallest absolute Gasteiger partial charge is 0.262 e. The van der Waals surface area contributed by atoms with Gasteiger partial charge in [0, 0.05) is 63.7 Å². The molecule has 9 heteroatoms. The standard InChI is InChI=1S/C18H26N6O2S/c1-15(2)23-13-18(20-14-23)27(25,26)24-11-16(12-24)21-7-9-22(10-8-21)17-5-3-4-6-19-17/h3-6,13-16H,7-12H2,1-2H3. The molecule has 8 nitrogen and oxygen atoms in total. The van der Waals surface area contributed by atoms with Crippen LogP contribution < -0.4 is 4.90 Å². The number of imidazole rings is 1. The van der Waals surface area contributed by atoms with Crippen molar-refractivity contribution in [3.05, 3.63) is 36.9 Å². The third-order valence-electron chi connectivity index (χ3n) is 5.41. The van der Waals surface area contributed by atoms with Crippen molar-refractivity contribution >= 4 is 15.8 Å². The molecule has 146 valence electrons. The molecule has 0 aromatic carbocycles. The quantitative estimate of drug-likeness (QED) is 0.760. The van der Waals surface area contributed by atoms with Crippen LogP contribution >= 0.6 is 0 Å². The highest BCUT2D eigenvalue weighted by Gasteiger charge is 2.41. The summed E-state index contributed by atoms with van der Waals surface area (Å²) >= 11 is 0. The van der Waals surface area contributed by atoms with Crippen LogP contribution in [0, 0.1) is 0 Å². The first-order valence-electron chi connectivity index (χ1n) is 9.39. The Hall–Kier alpha value is -1.97. The topological polar surface area (TPSA) is 74.6 Å². The zero-order valence-corrected chi connectivity index (χ0v) is 16.6. The summed E-state index contributed by atoms with van der Waals surface area (Å²) in [6, 6.07) is 6.44. The van der Waals surface area contributed by atoms with Crippen molar-refractivity contribution in [3.63, 3.8) is 0 Å². The average molecular weight is 391 g/mol. The minimum Gasteiger partial charge on any atom is -0.354 e. The van der Waals surface area contributed by atoms with E-state index in [2.05, 4.69) is 19.8 Å². The van der Waals surface area contributed by atoms with Crippen molar-refractivity contribution < 1.29 is 8.42 Å². The van der Waals surface area contributed by atoms with Gasteiger partial charge in [-0.2, -0.15) is 4.31 Å². The molecule has 4 heterocycles. The Kier molecular flexibility index (Phi) is 4.92. The first-order chi connectivity index (χ1) is 12.9. The molecule has 4 rings (SSSR count). The van der Waals surface area contributed by atoms with Crippen molar-refractivity contribution in [1.29, 1.82) is 0 Å². The van der Waals surface area contributed by atoms with E-state index in [1.54, 1.807) is 12.5 Å². The van der Waals surface area contributed by atoms with E-state index in [0.717, 1.165) is 32.0 Å². The summed E-state index contributed by atoms with van der Waals surface area (Å²) in [5, 5.41) is 0.148. The molecule has 2 fully saturated rings. The fourth-order valence-electron chi connectivity index (χ4n) is 3.57. The van der Waals surface area contributed by atoms with Crippen LogP contribution in [-0.2, 0) is 10.0 Å². The number of anilines is 1. The van der Waals surface area contributed by atoms with Crippen molar-refractivity contribution in [2.24, 2.45) is 0 Å². The van der Waals surface area contributed by atoms with E-state index in [1.807, 2.05) is 42.8 Å². The second kappa shape index (κ2) is 7.21. The zero-order chi connectivity index (χ0) is 19.0. The van der Waals surface area contributed by atoms with E-state index in [-0.39, 0.29) is 17.1 Å². The zero-order valence-electron chi connectivity index (χ0n) is 15.8. The van der Waals surface area contributed by atoms with Gasteiger partial charge in [-0.25, -0.2) is 18.4 Å². The molecule has 0 radical (unpaired) electrons. The lowest BCUT2D eigenvalue weighted by atomic mass is 10.1. The molecule has 27 heavy (non-hydrogen) atoms. The molecule has 2 aliphatic heterocycles. The third kappa shape index (κ3) is 3.59. The van der Waals surface area contributed by atoms with Gasteiger partial charge in [-0.05, 0) is 26.0 Å². The Morgan fingerprint density at radius 3 is 2.41 bits per heavy atom. The largest absolute Gasteiger partial charge is 0.354 e. The molecular weight excluding hydrogens is 364 g/mol. The summed E-state index contributed by atoms with van der Waals surface area (Å²) in [5.74, 6) is 1.01. The van der Waals surface area contributed by atoms with Gasteiger partial charge < -0.3 is 9.47 Å². The fourth-order valence-corrected chi connectivity index (χ4v) is 5.00. The average Bonchev–Trinajstić information content (AvgIpc) is 3.13. The van der Waals surface area contributed by atoms with Gasteiger partial charge in [-0.3, -0.25) is 4.90 Å². The van der Waals surface area contributed by atoms with Gasteiger partial charge in [-0.1, -0.05) is 6.07 Å². The number of sulfonamides is 1. The number of aromatic nitrogens is 3. The molecule has 2 saturated heterocycles. The lowest BCUT2D eigenvalue weighted by Gasteiger charge is -2.47. The Bertz CT molecular complexity index is 868. The number of piperazine rings is 1. The predicted molar refractivity (Wildman–Crippen MR) is 103 cm³/mol. The monoisotopic (exact) mass is 390 g/mol. The maximum absolute atomic E-state index is 12.7. The number of pyridine rings is 1. The van der Waals surface area contributed by atoms with Crippen molar-refractivity contribution in [1.82, 2.24) is 23.7 Å². The number of hydrogen-bond donors (Lipinski definition) is 0. The molecule has 0 N–H and O–H groups in total. The maximum atomic E-state index is 12.7. The van der Waals surface area contributed by atoms with Gasteiger partial charge in [0.15, 0.2) is 5.03 Å².